The minimum Gasteiger partial charge on any atom is -0.387 e. The number of rotatable bonds is 2. The van der Waals surface area contributed by atoms with Crippen molar-refractivity contribution in [2.45, 2.75) is 12.8 Å². The van der Waals surface area contributed by atoms with Gasteiger partial charge in [-0.15, -0.1) is 0 Å². The van der Waals surface area contributed by atoms with Gasteiger partial charge in [-0.2, -0.15) is 0 Å². The van der Waals surface area contributed by atoms with Gasteiger partial charge in [0, 0.05) is 19.0 Å². The van der Waals surface area contributed by atoms with Crippen LogP contribution in [0.4, 0.5) is 0 Å². The van der Waals surface area contributed by atoms with Crippen molar-refractivity contribution >= 4 is 23.3 Å². The van der Waals surface area contributed by atoms with Crippen molar-refractivity contribution in [1.29, 1.82) is 5.41 Å². The third kappa shape index (κ3) is 2.64. The zero-order chi connectivity index (χ0) is 13.1. The summed E-state index contributed by atoms with van der Waals surface area (Å²) < 4.78 is 0. The van der Waals surface area contributed by atoms with E-state index in [1.807, 2.05) is 0 Å². The van der Waals surface area contributed by atoms with Gasteiger partial charge in [-0.1, -0.05) is 23.7 Å². The molecule has 3 N–H and O–H groups in total. The van der Waals surface area contributed by atoms with E-state index in [2.05, 4.69) is 0 Å². The van der Waals surface area contributed by atoms with Gasteiger partial charge in [0.2, 0.25) is 0 Å². The lowest BCUT2D eigenvalue weighted by Crippen LogP contribution is -2.44. The van der Waals surface area contributed by atoms with Crippen molar-refractivity contribution in [3.05, 3.63) is 34.9 Å². The van der Waals surface area contributed by atoms with Gasteiger partial charge in [0.1, 0.15) is 0 Å². The van der Waals surface area contributed by atoms with E-state index in [9.17, 15) is 4.79 Å². The molecule has 18 heavy (non-hydrogen) atoms. The number of amidine groups is 1. The second kappa shape index (κ2) is 5.40. The first-order valence-corrected chi connectivity index (χ1v) is 6.35. The van der Waals surface area contributed by atoms with E-state index in [1.54, 1.807) is 29.2 Å². The number of hydrogen-bond donors (Lipinski definition) is 2. The first kappa shape index (κ1) is 12.9. The summed E-state index contributed by atoms with van der Waals surface area (Å²) in [5.41, 5.74) is 6.03. The maximum absolute atomic E-state index is 12.3. The molecule has 0 bridgehead atoms. The standard InChI is InChI=1S/C13H16ClN3O/c14-11-6-2-1-5-10(11)13(18)17-7-3-4-9(8-17)12(15)16/h1-2,5-6,9H,3-4,7-8H2,(H3,15,16)/t9-/m0/s1. The summed E-state index contributed by atoms with van der Waals surface area (Å²) >= 11 is 6.02. The molecule has 96 valence electrons. The maximum atomic E-state index is 12.3. The van der Waals surface area contributed by atoms with Crippen molar-refractivity contribution in [2.24, 2.45) is 11.7 Å². The summed E-state index contributed by atoms with van der Waals surface area (Å²) in [5, 5.41) is 7.95. The lowest BCUT2D eigenvalue weighted by Gasteiger charge is -2.32. The predicted octanol–water partition coefficient (Wildman–Crippen LogP) is 2.13. The summed E-state index contributed by atoms with van der Waals surface area (Å²) in [5.74, 6) is 0.0587. The maximum Gasteiger partial charge on any atom is 0.255 e. The largest absolute Gasteiger partial charge is 0.387 e. The fourth-order valence-electron chi connectivity index (χ4n) is 2.22. The molecule has 1 heterocycles. The summed E-state index contributed by atoms with van der Waals surface area (Å²) in [4.78, 5) is 14.1. The number of piperidine rings is 1. The number of nitrogens with one attached hydrogen (secondary N) is 1. The summed E-state index contributed by atoms with van der Waals surface area (Å²) in [6.07, 6.45) is 1.75. The van der Waals surface area contributed by atoms with Crippen LogP contribution in [0.25, 0.3) is 0 Å². The molecule has 1 aromatic rings. The SMILES string of the molecule is N=C(N)[C@H]1CCCN(C(=O)c2ccccc2Cl)C1. The Balaban J connectivity index is 2.14. The molecule has 5 heteroatoms. The molecule has 0 spiro atoms. The van der Waals surface area contributed by atoms with Crippen LogP contribution in [0.2, 0.25) is 5.02 Å². The number of carbonyl (C=O) groups excluding carboxylic acids is 1. The van der Waals surface area contributed by atoms with E-state index in [1.165, 1.54) is 0 Å². The number of hydrogen-bond acceptors (Lipinski definition) is 2. The molecule has 1 fully saturated rings. The van der Waals surface area contributed by atoms with Gasteiger partial charge in [0.25, 0.3) is 5.91 Å². The number of benzene rings is 1. The van der Waals surface area contributed by atoms with E-state index in [0.717, 1.165) is 12.8 Å². The molecular weight excluding hydrogens is 250 g/mol. The van der Waals surface area contributed by atoms with Gasteiger partial charge in [-0.25, -0.2) is 0 Å². The van der Waals surface area contributed by atoms with E-state index < -0.39 is 0 Å². The highest BCUT2D eigenvalue weighted by molar-refractivity contribution is 6.33. The van der Waals surface area contributed by atoms with Crippen LogP contribution in [0.3, 0.4) is 0 Å². The fraction of sp³-hybridized carbons (Fsp3) is 0.385. The van der Waals surface area contributed by atoms with Crippen LogP contribution >= 0.6 is 11.6 Å². The number of likely N-dealkylation sites (tertiary alicyclic amines) is 1. The van der Waals surface area contributed by atoms with Crippen molar-refractivity contribution in [2.75, 3.05) is 13.1 Å². The van der Waals surface area contributed by atoms with Crippen LogP contribution in [0, 0.1) is 11.3 Å². The van der Waals surface area contributed by atoms with E-state index in [0.29, 0.717) is 23.7 Å². The van der Waals surface area contributed by atoms with Gasteiger partial charge in [0.05, 0.1) is 16.4 Å². The average molecular weight is 266 g/mol. The Bertz CT molecular complexity index is 475. The van der Waals surface area contributed by atoms with Crippen LogP contribution in [0.1, 0.15) is 23.2 Å². The Labute approximate surface area is 111 Å². The van der Waals surface area contributed by atoms with Crippen molar-refractivity contribution in [3.63, 3.8) is 0 Å². The zero-order valence-corrected chi connectivity index (χ0v) is 10.8. The molecule has 0 aliphatic carbocycles. The minimum atomic E-state index is -0.0773. The molecule has 1 amide bonds. The zero-order valence-electron chi connectivity index (χ0n) is 10.0. The Hall–Kier alpha value is -1.55. The van der Waals surface area contributed by atoms with Crippen LogP contribution in [0.5, 0.6) is 0 Å². The van der Waals surface area contributed by atoms with Gasteiger partial charge < -0.3 is 10.6 Å². The van der Waals surface area contributed by atoms with E-state index in [-0.39, 0.29) is 17.7 Å². The van der Waals surface area contributed by atoms with Crippen LogP contribution in [-0.4, -0.2) is 29.7 Å². The van der Waals surface area contributed by atoms with Crippen LogP contribution in [-0.2, 0) is 0 Å². The van der Waals surface area contributed by atoms with Crippen molar-refractivity contribution in [1.82, 2.24) is 4.90 Å². The lowest BCUT2D eigenvalue weighted by molar-refractivity contribution is 0.0703. The molecule has 0 saturated carbocycles. The third-order valence-corrected chi connectivity index (χ3v) is 3.58. The number of nitrogens with zero attached hydrogens (tertiary/aromatic N) is 1. The predicted molar refractivity (Wildman–Crippen MR) is 72.0 cm³/mol. The number of nitrogens with two attached hydrogens (primary N) is 1. The van der Waals surface area contributed by atoms with E-state index >= 15 is 0 Å². The Morgan fingerprint density at radius 2 is 2.17 bits per heavy atom. The Morgan fingerprint density at radius 1 is 1.44 bits per heavy atom. The van der Waals surface area contributed by atoms with Gasteiger partial charge in [-0.05, 0) is 25.0 Å². The molecule has 1 atom stereocenters. The first-order chi connectivity index (χ1) is 8.59. The molecule has 2 rings (SSSR count). The topological polar surface area (TPSA) is 70.2 Å². The summed E-state index contributed by atoms with van der Waals surface area (Å²) in [6.45, 7) is 1.22. The molecule has 1 saturated heterocycles. The second-order valence-corrected chi connectivity index (χ2v) is 4.93. The van der Waals surface area contributed by atoms with Crippen LogP contribution in [0.15, 0.2) is 24.3 Å². The quantitative estimate of drug-likeness (QED) is 0.635. The van der Waals surface area contributed by atoms with Crippen LogP contribution < -0.4 is 5.73 Å². The molecule has 0 unspecified atom stereocenters. The van der Waals surface area contributed by atoms with Gasteiger partial charge >= 0.3 is 0 Å². The number of amides is 1. The third-order valence-electron chi connectivity index (χ3n) is 3.25. The number of carbonyl (C=O) groups is 1. The highest BCUT2D eigenvalue weighted by Crippen LogP contribution is 2.22. The fourth-order valence-corrected chi connectivity index (χ4v) is 2.44. The van der Waals surface area contributed by atoms with Gasteiger partial charge in [-0.3, -0.25) is 10.2 Å². The molecule has 0 aromatic heterocycles. The second-order valence-electron chi connectivity index (χ2n) is 4.53. The molecule has 1 aliphatic rings. The molecular formula is C13H16ClN3O. The molecule has 4 nitrogen and oxygen atoms in total. The summed E-state index contributed by atoms with van der Waals surface area (Å²) in [6, 6.07) is 7.03. The minimum absolute atomic E-state index is 0.0230. The lowest BCUT2D eigenvalue weighted by atomic mass is 9.96. The Morgan fingerprint density at radius 3 is 2.83 bits per heavy atom. The highest BCUT2D eigenvalue weighted by Gasteiger charge is 2.26. The highest BCUT2D eigenvalue weighted by atomic mass is 35.5. The van der Waals surface area contributed by atoms with Crippen molar-refractivity contribution in [3.8, 4) is 0 Å². The first-order valence-electron chi connectivity index (χ1n) is 5.97. The van der Waals surface area contributed by atoms with Gasteiger partial charge in [0.15, 0.2) is 0 Å². The van der Waals surface area contributed by atoms with Crippen molar-refractivity contribution < 1.29 is 4.79 Å². The molecule has 1 aromatic carbocycles. The van der Waals surface area contributed by atoms with E-state index in [4.69, 9.17) is 22.7 Å². The summed E-state index contributed by atoms with van der Waals surface area (Å²) in [7, 11) is 0. The smallest absolute Gasteiger partial charge is 0.255 e. The molecule has 0 radical (unpaired) electrons. The number of halogens is 1. The monoisotopic (exact) mass is 265 g/mol. The molecule has 1 aliphatic heterocycles. The average Bonchev–Trinajstić information content (AvgIpc) is 2.38. The Kier molecular flexibility index (Phi) is 3.87. The normalized spacial score (nSPS) is 19.6.